The summed E-state index contributed by atoms with van der Waals surface area (Å²) in [5.74, 6) is 0.487. The second kappa shape index (κ2) is 6.95. The molecule has 0 aromatic heterocycles. The second-order valence-electron chi connectivity index (χ2n) is 7.94. The van der Waals surface area contributed by atoms with Crippen molar-refractivity contribution < 1.29 is 0 Å². The van der Waals surface area contributed by atoms with Crippen molar-refractivity contribution in [3.05, 3.63) is 101 Å². The Labute approximate surface area is 167 Å². The van der Waals surface area contributed by atoms with Gasteiger partial charge in [-0.1, -0.05) is 74.9 Å². The van der Waals surface area contributed by atoms with Gasteiger partial charge in [-0.2, -0.15) is 0 Å². The molecule has 0 spiro atoms. The van der Waals surface area contributed by atoms with Gasteiger partial charge in [-0.25, -0.2) is 0 Å². The Hall–Kier alpha value is -2.86. The summed E-state index contributed by atoms with van der Waals surface area (Å²) in [6, 6.07) is 27.3. The number of allylic oxidation sites excluding steroid dienone is 1. The molecule has 0 aliphatic heterocycles. The van der Waals surface area contributed by atoms with Gasteiger partial charge >= 0.3 is 0 Å². The first-order chi connectivity index (χ1) is 13.8. The van der Waals surface area contributed by atoms with Crippen molar-refractivity contribution in [2.75, 3.05) is 0 Å². The van der Waals surface area contributed by atoms with Gasteiger partial charge in [0.1, 0.15) is 0 Å². The molecule has 1 aliphatic carbocycles. The molecule has 0 saturated carbocycles. The van der Waals surface area contributed by atoms with E-state index in [4.69, 9.17) is 0 Å². The van der Waals surface area contributed by atoms with E-state index in [1.807, 2.05) is 0 Å². The maximum atomic E-state index is 2.47. The lowest BCUT2D eigenvalue weighted by Crippen LogP contribution is -2.13. The lowest BCUT2D eigenvalue weighted by atomic mass is 9.73. The minimum atomic E-state index is 0.487. The summed E-state index contributed by atoms with van der Waals surface area (Å²) >= 11 is 0. The maximum Gasteiger partial charge on any atom is 0.0102 e. The number of fused-ring (bicyclic) bond motifs is 4. The van der Waals surface area contributed by atoms with Crippen LogP contribution in [0.15, 0.2) is 78.9 Å². The third kappa shape index (κ3) is 2.67. The summed E-state index contributed by atoms with van der Waals surface area (Å²) < 4.78 is 0. The third-order valence-corrected chi connectivity index (χ3v) is 6.15. The molecule has 28 heavy (non-hydrogen) atoms. The summed E-state index contributed by atoms with van der Waals surface area (Å²) in [6.45, 7) is 4.54. The summed E-state index contributed by atoms with van der Waals surface area (Å²) in [5, 5.41) is 5.34. The average Bonchev–Trinajstić information content (AvgIpc) is 2.73. The van der Waals surface area contributed by atoms with Crippen LogP contribution in [0.1, 0.15) is 61.3 Å². The Morgan fingerprint density at radius 1 is 0.679 bits per heavy atom. The monoisotopic (exact) mass is 362 g/mol. The molecule has 4 aromatic carbocycles. The number of rotatable bonds is 3. The zero-order valence-electron chi connectivity index (χ0n) is 16.7. The van der Waals surface area contributed by atoms with E-state index in [1.165, 1.54) is 62.2 Å². The summed E-state index contributed by atoms with van der Waals surface area (Å²) in [4.78, 5) is 0. The second-order valence-corrected chi connectivity index (χ2v) is 7.94. The Morgan fingerprint density at radius 3 is 2.07 bits per heavy atom. The normalized spacial score (nSPS) is 17.1. The van der Waals surface area contributed by atoms with E-state index in [9.17, 15) is 0 Å². The zero-order valence-corrected chi connectivity index (χ0v) is 16.7. The molecule has 0 nitrogen and oxygen atoms in total. The highest BCUT2D eigenvalue weighted by Gasteiger charge is 2.28. The van der Waals surface area contributed by atoms with E-state index in [2.05, 4.69) is 92.7 Å². The van der Waals surface area contributed by atoms with E-state index in [0.29, 0.717) is 5.92 Å². The average molecular weight is 363 g/mol. The Morgan fingerprint density at radius 2 is 1.36 bits per heavy atom. The summed E-state index contributed by atoms with van der Waals surface area (Å²) in [7, 11) is 0. The molecular formula is C28H26. The lowest BCUT2D eigenvalue weighted by molar-refractivity contribution is 0.691. The van der Waals surface area contributed by atoms with Gasteiger partial charge in [-0.15, -0.1) is 0 Å². The fourth-order valence-corrected chi connectivity index (χ4v) is 4.91. The molecule has 0 bridgehead atoms. The van der Waals surface area contributed by atoms with Crippen LogP contribution in [0.2, 0.25) is 0 Å². The molecule has 0 heteroatoms. The molecule has 4 aromatic rings. The molecule has 1 atom stereocenters. The van der Waals surface area contributed by atoms with Gasteiger partial charge in [0.2, 0.25) is 0 Å². The molecule has 1 unspecified atom stereocenters. The molecule has 0 heterocycles. The van der Waals surface area contributed by atoms with Crippen molar-refractivity contribution in [2.45, 2.75) is 39.0 Å². The highest BCUT2D eigenvalue weighted by molar-refractivity contribution is 6.01. The van der Waals surface area contributed by atoms with Crippen LogP contribution in [-0.2, 0) is 0 Å². The summed E-state index contributed by atoms with van der Waals surface area (Å²) in [5.41, 5.74) is 7.27. The fourth-order valence-electron chi connectivity index (χ4n) is 4.91. The van der Waals surface area contributed by atoms with Gasteiger partial charge in [0.25, 0.3) is 0 Å². The highest BCUT2D eigenvalue weighted by Crippen LogP contribution is 2.46. The first-order valence-corrected chi connectivity index (χ1v) is 10.6. The fraction of sp³-hybridized carbons (Fsp3) is 0.214. The predicted octanol–water partition coefficient (Wildman–Crippen LogP) is 8.08. The van der Waals surface area contributed by atoms with Gasteiger partial charge in [-0.05, 0) is 86.5 Å². The van der Waals surface area contributed by atoms with Crippen LogP contribution in [-0.4, -0.2) is 0 Å². The molecule has 0 amide bonds. The minimum Gasteiger partial charge on any atom is -0.0763 e. The quantitative estimate of drug-likeness (QED) is 0.323. The van der Waals surface area contributed by atoms with Gasteiger partial charge < -0.3 is 0 Å². The Kier molecular flexibility index (Phi) is 4.28. The molecule has 0 saturated heterocycles. The summed E-state index contributed by atoms with van der Waals surface area (Å²) in [6.07, 6.45) is 5.85. The number of hydrogen-bond donors (Lipinski definition) is 0. The van der Waals surface area contributed by atoms with Crippen LogP contribution in [0, 0.1) is 0 Å². The smallest absolute Gasteiger partial charge is 0.0102 e. The highest BCUT2D eigenvalue weighted by atomic mass is 14.3. The van der Waals surface area contributed by atoms with Gasteiger partial charge in [0.15, 0.2) is 0 Å². The van der Waals surface area contributed by atoms with Crippen LogP contribution in [0.25, 0.3) is 27.1 Å². The predicted molar refractivity (Wildman–Crippen MR) is 122 cm³/mol. The molecule has 5 rings (SSSR count). The van der Waals surface area contributed by atoms with Crippen molar-refractivity contribution in [1.29, 1.82) is 0 Å². The zero-order chi connectivity index (χ0) is 19.1. The van der Waals surface area contributed by atoms with Gasteiger partial charge in [0, 0.05) is 5.92 Å². The van der Waals surface area contributed by atoms with Crippen molar-refractivity contribution in [1.82, 2.24) is 0 Å². The minimum absolute atomic E-state index is 0.487. The maximum absolute atomic E-state index is 2.47. The van der Waals surface area contributed by atoms with Crippen LogP contribution >= 0.6 is 0 Å². The Balaban J connectivity index is 1.83. The Bertz CT molecular complexity index is 1210. The molecule has 138 valence electrons. The van der Waals surface area contributed by atoms with Crippen LogP contribution < -0.4 is 0 Å². The van der Waals surface area contributed by atoms with E-state index >= 15 is 0 Å². The van der Waals surface area contributed by atoms with E-state index in [1.54, 1.807) is 0 Å². The first-order valence-electron chi connectivity index (χ1n) is 10.6. The van der Waals surface area contributed by atoms with Crippen molar-refractivity contribution in [3.8, 4) is 0 Å². The first kappa shape index (κ1) is 17.3. The standard InChI is InChI=1S/C28H26/c1-3-9-23-25-13-7-8-14-26(25)24(10-4-2)28-18-22-16-20-12-6-5-11-19(20)15-21(22)17-27(23)28/h5-9,11-18,24H,3-4,10H2,1-2H3/b23-9-. The van der Waals surface area contributed by atoms with Crippen LogP contribution in [0.4, 0.5) is 0 Å². The largest absolute Gasteiger partial charge is 0.0763 e. The van der Waals surface area contributed by atoms with E-state index in [0.717, 1.165) is 6.42 Å². The van der Waals surface area contributed by atoms with Crippen LogP contribution in [0.3, 0.4) is 0 Å². The van der Waals surface area contributed by atoms with E-state index < -0.39 is 0 Å². The molecule has 1 aliphatic rings. The number of benzene rings is 4. The lowest BCUT2D eigenvalue weighted by Gasteiger charge is -2.31. The SMILES string of the molecule is CC/C=C1/c2ccccc2C(CCC)c2cc3cc4ccccc4cc3cc21. The van der Waals surface area contributed by atoms with Crippen LogP contribution in [0.5, 0.6) is 0 Å². The molecule has 0 radical (unpaired) electrons. The van der Waals surface area contributed by atoms with Gasteiger partial charge in [0.05, 0.1) is 0 Å². The van der Waals surface area contributed by atoms with Crippen molar-refractivity contribution in [2.24, 2.45) is 0 Å². The van der Waals surface area contributed by atoms with Gasteiger partial charge in [-0.3, -0.25) is 0 Å². The van der Waals surface area contributed by atoms with Crippen molar-refractivity contribution >= 4 is 27.1 Å². The number of hydrogen-bond acceptors (Lipinski definition) is 0. The third-order valence-electron chi connectivity index (χ3n) is 6.15. The molecule has 0 N–H and O–H groups in total. The molecule has 0 fully saturated rings. The van der Waals surface area contributed by atoms with E-state index in [-0.39, 0.29) is 0 Å². The topological polar surface area (TPSA) is 0 Å². The van der Waals surface area contributed by atoms with Crippen molar-refractivity contribution in [3.63, 3.8) is 0 Å². The molecular weight excluding hydrogens is 336 g/mol.